The van der Waals surface area contributed by atoms with Gasteiger partial charge in [-0.2, -0.15) is 5.10 Å². The standard InChI is InChI=1S/C20H29N3O/c1-20(2,3)19-17(13-21-12-16-8-7-11-24-15-16)14-23(22-19)18-9-5-4-6-10-18/h4-6,9-10,14,16,21H,7-8,11-13,15H2,1-3H3. The lowest BCUT2D eigenvalue weighted by molar-refractivity contribution is 0.0547. The molecule has 1 aliphatic rings. The second kappa shape index (κ2) is 7.49. The van der Waals surface area contributed by atoms with Crippen LogP contribution in [0.15, 0.2) is 36.5 Å². The van der Waals surface area contributed by atoms with Gasteiger partial charge in [-0.1, -0.05) is 39.0 Å². The minimum absolute atomic E-state index is 0.0327. The monoisotopic (exact) mass is 327 g/mol. The molecule has 0 aliphatic carbocycles. The summed E-state index contributed by atoms with van der Waals surface area (Å²) in [5.74, 6) is 0.640. The van der Waals surface area contributed by atoms with Crippen LogP contribution in [-0.4, -0.2) is 29.5 Å². The number of nitrogens with zero attached hydrogens (tertiary/aromatic N) is 2. The van der Waals surface area contributed by atoms with Crippen LogP contribution in [0.5, 0.6) is 0 Å². The number of hydrogen-bond acceptors (Lipinski definition) is 3. The molecule has 1 aliphatic heterocycles. The van der Waals surface area contributed by atoms with Crippen LogP contribution in [-0.2, 0) is 16.7 Å². The summed E-state index contributed by atoms with van der Waals surface area (Å²) in [6, 6.07) is 10.3. The molecule has 4 nitrogen and oxygen atoms in total. The normalized spacial score (nSPS) is 18.7. The second-order valence-corrected chi connectivity index (χ2v) is 7.75. The molecule has 3 rings (SSSR count). The smallest absolute Gasteiger partial charge is 0.0727 e. The van der Waals surface area contributed by atoms with Crippen molar-refractivity contribution < 1.29 is 4.74 Å². The first kappa shape index (κ1) is 17.2. The molecule has 0 bridgehead atoms. The highest BCUT2D eigenvalue weighted by atomic mass is 16.5. The summed E-state index contributed by atoms with van der Waals surface area (Å²) in [4.78, 5) is 0. The lowest BCUT2D eigenvalue weighted by Gasteiger charge is -2.22. The minimum Gasteiger partial charge on any atom is -0.381 e. The largest absolute Gasteiger partial charge is 0.381 e. The Kier molecular flexibility index (Phi) is 5.36. The lowest BCUT2D eigenvalue weighted by atomic mass is 9.89. The SMILES string of the molecule is CC(C)(C)c1nn(-c2ccccc2)cc1CNCC1CCCOC1. The van der Waals surface area contributed by atoms with E-state index in [9.17, 15) is 0 Å². The van der Waals surface area contributed by atoms with Gasteiger partial charge in [-0.25, -0.2) is 4.68 Å². The molecular weight excluding hydrogens is 298 g/mol. The quantitative estimate of drug-likeness (QED) is 0.910. The maximum atomic E-state index is 5.57. The molecule has 0 saturated carbocycles. The maximum absolute atomic E-state index is 5.57. The average Bonchev–Trinajstić information content (AvgIpc) is 3.01. The van der Waals surface area contributed by atoms with E-state index in [1.165, 1.54) is 24.1 Å². The number of nitrogens with one attached hydrogen (secondary N) is 1. The number of ether oxygens (including phenoxy) is 1. The van der Waals surface area contributed by atoms with Gasteiger partial charge in [-0.05, 0) is 30.9 Å². The Bertz CT molecular complexity index is 637. The molecule has 24 heavy (non-hydrogen) atoms. The molecule has 0 radical (unpaired) electrons. The number of hydrogen-bond donors (Lipinski definition) is 1. The van der Waals surface area contributed by atoms with Gasteiger partial charge in [0.1, 0.15) is 0 Å². The molecule has 1 atom stereocenters. The molecule has 2 aromatic rings. The van der Waals surface area contributed by atoms with E-state index in [2.05, 4.69) is 56.6 Å². The van der Waals surface area contributed by atoms with Gasteiger partial charge in [-0.15, -0.1) is 0 Å². The zero-order chi connectivity index (χ0) is 17.0. The van der Waals surface area contributed by atoms with Crippen LogP contribution in [0.25, 0.3) is 5.69 Å². The Morgan fingerprint density at radius 2 is 2.04 bits per heavy atom. The van der Waals surface area contributed by atoms with Gasteiger partial charge in [0.2, 0.25) is 0 Å². The van der Waals surface area contributed by atoms with Crippen molar-refractivity contribution >= 4 is 0 Å². The van der Waals surface area contributed by atoms with E-state index in [0.29, 0.717) is 5.92 Å². The average molecular weight is 327 g/mol. The third-order valence-corrected chi connectivity index (χ3v) is 4.52. The number of benzene rings is 1. The summed E-state index contributed by atoms with van der Waals surface area (Å²) in [7, 11) is 0. The van der Waals surface area contributed by atoms with Crippen LogP contribution >= 0.6 is 0 Å². The Morgan fingerprint density at radius 1 is 1.25 bits per heavy atom. The van der Waals surface area contributed by atoms with Crippen molar-refractivity contribution in [2.24, 2.45) is 5.92 Å². The first-order chi connectivity index (χ1) is 11.5. The fourth-order valence-electron chi connectivity index (χ4n) is 3.26. The van der Waals surface area contributed by atoms with Crippen molar-refractivity contribution in [1.29, 1.82) is 0 Å². The Hall–Kier alpha value is -1.65. The van der Waals surface area contributed by atoms with Crippen molar-refractivity contribution in [3.05, 3.63) is 47.8 Å². The van der Waals surface area contributed by atoms with Gasteiger partial charge in [0.25, 0.3) is 0 Å². The molecule has 1 fully saturated rings. The van der Waals surface area contributed by atoms with Gasteiger partial charge in [-0.3, -0.25) is 0 Å². The third-order valence-electron chi connectivity index (χ3n) is 4.52. The molecule has 1 N–H and O–H groups in total. The van der Waals surface area contributed by atoms with Crippen molar-refractivity contribution in [3.8, 4) is 5.69 Å². The second-order valence-electron chi connectivity index (χ2n) is 7.75. The fourth-order valence-corrected chi connectivity index (χ4v) is 3.26. The van der Waals surface area contributed by atoms with Crippen LogP contribution < -0.4 is 5.32 Å². The first-order valence-electron chi connectivity index (χ1n) is 8.97. The van der Waals surface area contributed by atoms with Gasteiger partial charge < -0.3 is 10.1 Å². The van der Waals surface area contributed by atoms with E-state index in [0.717, 1.165) is 32.0 Å². The van der Waals surface area contributed by atoms with Crippen LogP contribution in [0.1, 0.15) is 44.9 Å². The van der Waals surface area contributed by atoms with Crippen molar-refractivity contribution in [2.45, 2.75) is 45.6 Å². The van der Waals surface area contributed by atoms with Crippen molar-refractivity contribution in [3.63, 3.8) is 0 Å². The van der Waals surface area contributed by atoms with Crippen LogP contribution in [0.2, 0.25) is 0 Å². The van der Waals surface area contributed by atoms with Crippen molar-refractivity contribution in [2.75, 3.05) is 19.8 Å². The summed E-state index contributed by atoms with van der Waals surface area (Å²) in [5.41, 5.74) is 3.59. The lowest BCUT2D eigenvalue weighted by Crippen LogP contribution is -2.29. The molecule has 1 aromatic heterocycles. The predicted molar refractivity (Wildman–Crippen MR) is 97.5 cm³/mol. The molecule has 2 heterocycles. The minimum atomic E-state index is 0.0327. The van der Waals surface area contributed by atoms with E-state index in [1.54, 1.807) is 0 Å². The van der Waals surface area contributed by atoms with Gasteiger partial charge in [0, 0.05) is 36.9 Å². The summed E-state index contributed by atoms with van der Waals surface area (Å²) < 4.78 is 7.57. The molecule has 0 amide bonds. The van der Waals surface area contributed by atoms with E-state index in [4.69, 9.17) is 9.84 Å². The highest BCUT2D eigenvalue weighted by Gasteiger charge is 2.23. The van der Waals surface area contributed by atoms with E-state index in [1.807, 2.05) is 10.7 Å². The Morgan fingerprint density at radius 3 is 2.71 bits per heavy atom. The first-order valence-corrected chi connectivity index (χ1v) is 8.97. The molecule has 1 unspecified atom stereocenters. The predicted octanol–water partition coefficient (Wildman–Crippen LogP) is 3.69. The summed E-state index contributed by atoms with van der Waals surface area (Å²) in [6.07, 6.45) is 4.62. The molecule has 1 saturated heterocycles. The van der Waals surface area contributed by atoms with Crippen LogP contribution in [0.4, 0.5) is 0 Å². The third kappa shape index (κ3) is 4.25. The molecular formula is C20H29N3O. The maximum Gasteiger partial charge on any atom is 0.0727 e. The zero-order valence-electron chi connectivity index (χ0n) is 15.1. The summed E-state index contributed by atoms with van der Waals surface area (Å²) in [6.45, 7) is 10.4. The van der Waals surface area contributed by atoms with Crippen molar-refractivity contribution in [1.82, 2.24) is 15.1 Å². The molecule has 4 heteroatoms. The molecule has 0 spiro atoms. The van der Waals surface area contributed by atoms with Gasteiger partial charge in [0.05, 0.1) is 18.0 Å². The van der Waals surface area contributed by atoms with E-state index in [-0.39, 0.29) is 5.41 Å². The van der Waals surface area contributed by atoms with Gasteiger partial charge >= 0.3 is 0 Å². The number of rotatable bonds is 5. The van der Waals surface area contributed by atoms with Gasteiger partial charge in [0.15, 0.2) is 0 Å². The summed E-state index contributed by atoms with van der Waals surface area (Å²) >= 11 is 0. The van der Waals surface area contributed by atoms with Crippen LogP contribution in [0.3, 0.4) is 0 Å². The number of aromatic nitrogens is 2. The highest BCUT2D eigenvalue weighted by molar-refractivity contribution is 5.34. The molecule has 130 valence electrons. The zero-order valence-corrected chi connectivity index (χ0v) is 15.1. The highest BCUT2D eigenvalue weighted by Crippen LogP contribution is 2.25. The van der Waals surface area contributed by atoms with E-state index >= 15 is 0 Å². The summed E-state index contributed by atoms with van der Waals surface area (Å²) in [5, 5.41) is 8.48. The Balaban J connectivity index is 1.72. The van der Waals surface area contributed by atoms with E-state index < -0.39 is 0 Å². The fraction of sp³-hybridized carbons (Fsp3) is 0.550. The Labute approximate surface area is 145 Å². The topological polar surface area (TPSA) is 39.1 Å². The van der Waals surface area contributed by atoms with Crippen LogP contribution in [0, 0.1) is 5.92 Å². The molecule has 1 aromatic carbocycles. The number of para-hydroxylation sites is 1.